The van der Waals surface area contributed by atoms with Crippen LogP contribution in [0, 0.1) is 6.92 Å². The summed E-state index contributed by atoms with van der Waals surface area (Å²) in [6.07, 6.45) is 1.55. The van der Waals surface area contributed by atoms with Crippen LogP contribution >= 0.6 is 23.2 Å². The Morgan fingerprint density at radius 1 is 1.21 bits per heavy atom. The molecule has 2 N–H and O–H groups in total. The molecule has 1 heterocycles. The van der Waals surface area contributed by atoms with Crippen molar-refractivity contribution in [3.8, 4) is 0 Å². The summed E-state index contributed by atoms with van der Waals surface area (Å²) < 4.78 is 1.88. The van der Waals surface area contributed by atoms with Crippen LogP contribution in [-0.4, -0.2) is 15.8 Å². The Labute approximate surface area is 123 Å². The van der Waals surface area contributed by atoms with E-state index < -0.39 is 0 Å². The highest BCUT2D eigenvalue weighted by molar-refractivity contribution is 6.42. The molecule has 0 aliphatic heterocycles. The third-order valence-electron chi connectivity index (χ3n) is 3.05. The summed E-state index contributed by atoms with van der Waals surface area (Å²) >= 11 is 11.9. The fourth-order valence-electron chi connectivity index (χ4n) is 2.17. The molecule has 1 unspecified atom stereocenters. The summed E-state index contributed by atoms with van der Waals surface area (Å²) in [5.41, 5.74) is 9.44. The SMILES string of the molecule is Cc1cc(CC(N)Cc2ccc(Cl)c(Cl)c2)n(C)n1. The predicted molar refractivity (Wildman–Crippen MR) is 79.8 cm³/mol. The highest BCUT2D eigenvalue weighted by Crippen LogP contribution is 2.23. The molecular formula is C14H17Cl2N3. The molecule has 5 heteroatoms. The molecule has 1 aromatic heterocycles. The Balaban J connectivity index is 2.03. The van der Waals surface area contributed by atoms with Gasteiger partial charge in [-0.2, -0.15) is 5.10 Å². The highest BCUT2D eigenvalue weighted by Gasteiger charge is 2.10. The van der Waals surface area contributed by atoms with Crippen molar-refractivity contribution in [2.24, 2.45) is 12.8 Å². The maximum absolute atomic E-state index is 6.19. The molecule has 0 saturated heterocycles. The number of hydrogen-bond acceptors (Lipinski definition) is 2. The van der Waals surface area contributed by atoms with Gasteiger partial charge in [0.25, 0.3) is 0 Å². The summed E-state index contributed by atoms with van der Waals surface area (Å²) in [6, 6.07) is 7.74. The third kappa shape index (κ3) is 3.72. The molecule has 1 aromatic carbocycles. The van der Waals surface area contributed by atoms with Gasteiger partial charge >= 0.3 is 0 Å². The van der Waals surface area contributed by atoms with Crippen molar-refractivity contribution in [2.45, 2.75) is 25.8 Å². The lowest BCUT2D eigenvalue weighted by molar-refractivity contribution is 0.612. The fourth-order valence-corrected chi connectivity index (χ4v) is 2.49. The first-order valence-electron chi connectivity index (χ1n) is 6.14. The van der Waals surface area contributed by atoms with Gasteiger partial charge in [0.1, 0.15) is 0 Å². The van der Waals surface area contributed by atoms with Gasteiger partial charge in [-0.1, -0.05) is 29.3 Å². The normalized spacial score (nSPS) is 12.7. The summed E-state index contributed by atoms with van der Waals surface area (Å²) in [6.45, 7) is 1.98. The lowest BCUT2D eigenvalue weighted by Gasteiger charge is -2.12. The van der Waals surface area contributed by atoms with Crippen LogP contribution in [0.1, 0.15) is 17.0 Å². The predicted octanol–water partition coefficient (Wildman–Crippen LogP) is 3.15. The van der Waals surface area contributed by atoms with Gasteiger partial charge in [-0.3, -0.25) is 4.68 Å². The van der Waals surface area contributed by atoms with Crippen molar-refractivity contribution in [3.63, 3.8) is 0 Å². The largest absolute Gasteiger partial charge is 0.327 e. The smallest absolute Gasteiger partial charge is 0.0596 e. The molecule has 2 aromatic rings. The quantitative estimate of drug-likeness (QED) is 0.942. The van der Waals surface area contributed by atoms with Crippen LogP contribution in [0.4, 0.5) is 0 Å². The van der Waals surface area contributed by atoms with Crippen LogP contribution in [0.25, 0.3) is 0 Å². The number of benzene rings is 1. The Morgan fingerprint density at radius 2 is 1.95 bits per heavy atom. The third-order valence-corrected chi connectivity index (χ3v) is 3.79. The van der Waals surface area contributed by atoms with Gasteiger partial charge in [0.05, 0.1) is 15.7 Å². The molecule has 0 amide bonds. The minimum atomic E-state index is 0.0343. The maximum Gasteiger partial charge on any atom is 0.0596 e. The zero-order valence-electron chi connectivity index (χ0n) is 11.0. The molecule has 102 valence electrons. The summed E-state index contributed by atoms with van der Waals surface area (Å²) in [5.74, 6) is 0. The average molecular weight is 298 g/mol. The van der Waals surface area contributed by atoms with Crippen molar-refractivity contribution in [2.75, 3.05) is 0 Å². The second kappa shape index (κ2) is 5.95. The van der Waals surface area contributed by atoms with Gasteiger partial charge < -0.3 is 5.73 Å². The number of aryl methyl sites for hydroxylation is 2. The number of aromatic nitrogens is 2. The van der Waals surface area contributed by atoms with E-state index in [1.54, 1.807) is 6.07 Å². The van der Waals surface area contributed by atoms with E-state index in [2.05, 4.69) is 11.2 Å². The molecule has 0 radical (unpaired) electrons. The number of halogens is 2. The van der Waals surface area contributed by atoms with Crippen LogP contribution in [0.15, 0.2) is 24.3 Å². The standard InChI is InChI=1S/C14H17Cl2N3/c1-9-5-12(19(2)18-9)8-11(17)6-10-3-4-13(15)14(16)7-10/h3-5,7,11H,6,8,17H2,1-2H3. The van der Waals surface area contributed by atoms with E-state index in [-0.39, 0.29) is 6.04 Å². The number of nitrogens with two attached hydrogens (primary N) is 1. The van der Waals surface area contributed by atoms with Gasteiger partial charge in [0.15, 0.2) is 0 Å². The Hall–Kier alpha value is -1.03. The second-order valence-electron chi connectivity index (χ2n) is 4.82. The lowest BCUT2D eigenvalue weighted by Crippen LogP contribution is -2.26. The molecule has 0 aliphatic rings. The average Bonchev–Trinajstić information content (AvgIpc) is 2.62. The Morgan fingerprint density at radius 3 is 2.53 bits per heavy atom. The van der Waals surface area contributed by atoms with Crippen LogP contribution < -0.4 is 5.73 Å². The molecular weight excluding hydrogens is 281 g/mol. The first kappa shape index (κ1) is 14.4. The maximum atomic E-state index is 6.19. The first-order chi connectivity index (χ1) is 8.95. The van der Waals surface area contributed by atoms with Gasteiger partial charge in [-0.25, -0.2) is 0 Å². The first-order valence-corrected chi connectivity index (χ1v) is 6.90. The van der Waals surface area contributed by atoms with E-state index >= 15 is 0 Å². The molecule has 19 heavy (non-hydrogen) atoms. The Kier molecular flexibility index (Phi) is 4.50. The number of nitrogens with zero attached hydrogens (tertiary/aromatic N) is 2. The summed E-state index contributed by atoms with van der Waals surface area (Å²) in [4.78, 5) is 0. The van der Waals surface area contributed by atoms with Crippen LogP contribution in [-0.2, 0) is 19.9 Å². The van der Waals surface area contributed by atoms with Gasteiger partial charge in [0.2, 0.25) is 0 Å². The van der Waals surface area contributed by atoms with Gasteiger partial charge in [-0.15, -0.1) is 0 Å². The van der Waals surface area contributed by atoms with Crippen molar-refractivity contribution < 1.29 is 0 Å². The Bertz CT molecular complexity index is 578. The van der Waals surface area contributed by atoms with E-state index in [0.29, 0.717) is 10.0 Å². The molecule has 0 bridgehead atoms. The minimum Gasteiger partial charge on any atom is -0.327 e. The number of rotatable bonds is 4. The summed E-state index contributed by atoms with van der Waals surface area (Å²) in [7, 11) is 1.94. The molecule has 0 fully saturated rings. The van der Waals surface area contributed by atoms with E-state index in [1.807, 2.05) is 30.8 Å². The van der Waals surface area contributed by atoms with E-state index in [4.69, 9.17) is 28.9 Å². The van der Waals surface area contributed by atoms with Crippen molar-refractivity contribution in [3.05, 3.63) is 51.3 Å². The van der Waals surface area contributed by atoms with E-state index in [1.165, 1.54) is 0 Å². The molecule has 1 atom stereocenters. The van der Waals surface area contributed by atoms with Crippen molar-refractivity contribution >= 4 is 23.2 Å². The van der Waals surface area contributed by atoms with Gasteiger partial charge in [0, 0.05) is 25.2 Å². The fraction of sp³-hybridized carbons (Fsp3) is 0.357. The lowest BCUT2D eigenvalue weighted by atomic mass is 10.0. The van der Waals surface area contributed by atoms with Crippen LogP contribution in [0.5, 0.6) is 0 Å². The van der Waals surface area contributed by atoms with Crippen molar-refractivity contribution in [1.29, 1.82) is 0 Å². The topological polar surface area (TPSA) is 43.8 Å². The molecule has 2 rings (SSSR count). The molecule has 0 saturated carbocycles. The minimum absolute atomic E-state index is 0.0343. The summed E-state index contributed by atoms with van der Waals surface area (Å²) in [5, 5.41) is 5.46. The zero-order valence-corrected chi connectivity index (χ0v) is 12.5. The zero-order chi connectivity index (χ0) is 14.0. The van der Waals surface area contributed by atoms with E-state index in [9.17, 15) is 0 Å². The molecule has 3 nitrogen and oxygen atoms in total. The van der Waals surface area contributed by atoms with Crippen LogP contribution in [0.3, 0.4) is 0 Å². The molecule has 0 aliphatic carbocycles. The van der Waals surface area contributed by atoms with Crippen molar-refractivity contribution in [1.82, 2.24) is 9.78 Å². The highest BCUT2D eigenvalue weighted by atomic mass is 35.5. The van der Waals surface area contributed by atoms with Crippen LogP contribution in [0.2, 0.25) is 10.0 Å². The van der Waals surface area contributed by atoms with E-state index in [0.717, 1.165) is 29.8 Å². The second-order valence-corrected chi connectivity index (χ2v) is 5.63. The van der Waals surface area contributed by atoms with Gasteiger partial charge in [-0.05, 0) is 37.1 Å². The number of hydrogen-bond donors (Lipinski definition) is 1. The molecule has 0 spiro atoms. The monoisotopic (exact) mass is 297 g/mol.